The van der Waals surface area contributed by atoms with Crippen molar-refractivity contribution in [3.05, 3.63) is 62.4 Å². The largest absolute Gasteiger partial charge is 0.336 e. The first-order valence-electron chi connectivity index (χ1n) is 7.29. The van der Waals surface area contributed by atoms with Gasteiger partial charge in [0.15, 0.2) is 4.96 Å². The standard InChI is InChI=1S/C17H10ClN3OS2/c1-20-12-8-9(18)6-7-13(12)23-15(20)14-16(22)24-17-19-10-4-2-3-5-11(10)21(14)17/h2-8H,1H3/b15-14-. The number of para-hydroxylation sites is 2. The molecule has 0 saturated heterocycles. The van der Waals surface area contributed by atoms with Gasteiger partial charge in [-0.2, -0.15) is 0 Å². The lowest BCUT2D eigenvalue weighted by atomic mass is 10.3. The van der Waals surface area contributed by atoms with Crippen LogP contribution in [0.15, 0.2) is 52.2 Å². The average Bonchev–Trinajstić information content (AvgIpc) is 3.17. The van der Waals surface area contributed by atoms with Gasteiger partial charge in [-0.05, 0) is 30.3 Å². The van der Waals surface area contributed by atoms with E-state index in [-0.39, 0.29) is 4.74 Å². The Labute approximate surface area is 150 Å². The maximum Gasteiger partial charge on any atom is 0.262 e. The molecule has 118 valence electrons. The molecule has 2 aromatic carbocycles. The number of nitrogens with zero attached hydrogens (tertiary/aromatic N) is 3. The molecule has 0 amide bonds. The van der Waals surface area contributed by atoms with E-state index in [4.69, 9.17) is 11.6 Å². The number of imidazole rings is 1. The van der Waals surface area contributed by atoms with Crippen LogP contribution in [0.5, 0.6) is 0 Å². The minimum absolute atomic E-state index is 0.0245. The number of hydrogen-bond acceptors (Lipinski definition) is 5. The first-order valence-corrected chi connectivity index (χ1v) is 9.30. The first kappa shape index (κ1) is 14.3. The minimum atomic E-state index is 0.0245. The maximum atomic E-state index is 12.7. The van der Waals surface area contributed by atoms with E-state index in [1.54, 1.807) is 11.8 Å². The predicted octanol–water partition coefficient (Wildman–Crippen LogP) is 3.59. The van der Waals surface area contributed by atoms with E-state index in [1.165, 1.54) is 11.3 Å². The molecule has 0 bridgehead atoms. The van der Waals surface area contributed by atoms with Crippen molar-refractivity contribution in [2.75, 3.05) is 11.9 Å². The minimum Gasteiger partial charge on any atom is -0.336 e. The number of benzene rings is 2. The summed E-state index contributed by atoms with van der Waals surface area (Å²) in [6.45, 7) is 0. The Morgan fingerprint density at radius 1 is 1.17 bits per heavy atom. The number of rotatable bonds is 0. The SMILES string of the molecule is CN1/C(=c2\c(=O)sc3nc4ccccc4n23)Sc2ccc(Cl)cc21. The molecule has 24 heavy (non-hydrogen) atoms. The second-order valence-corrected chi connectivity index (χ2v) is 7.94. The van der Waals surface area contributed by atoms with Gasteiger partial charge in [-0.3, -0.25) is 9.20 Å². The van der Waals surface area contributed by atoms with Crippen molar-refractivity contribution in [2.24, 2.45) is 0 Å². The molecule has 0 atom stereocenters. The Hall–Kier alpha value is -2.02. The van der Waals surface area contributed by atoms with Gasteiger partial charge < -0.3 is 4.90 Å². The van der Waals surface area contributed by atoms with Crippen LogP contribution in [0.2, 0.25) is 5.02 Å². The average molecular weight is 372 g/mol. The van der Waals surface area contributed by atoms with Gasteiger partial charge in [-0.25, -0.2) is 4.98 Å². The lowest BCUT2D eigenvalue weighted by Gasteiger charge is -2.12. The van der Waals surface area contributed by atoms with E-state index in [0.717, 1.165) is 31.6 Å². The third kappa shape index (κ3) is 1.87. The summed E-state index contributed by atoms with van der Waals surface area (Å²) >= 11 is 8.91. The predicted molar refractivity (Wildman–Crippen MR) is 101 cm³/mol. The molecule has 0 N–H and O–H groups in total. The summed E-state index contributed by atoms with van der Waals surface area (Å²) in [5.74, 6) is 0. The fraction of sp³-hybridized carbons (Fsp3) is 0.0588. The monoisotopic (exact) mass is 371 g/mol. The molecule has 1 aliphatic rings. The van der Waals surface area contributed by atoms with Crippen molar-refractivity contribution < 1.29 is 0 Å². The molecular weight excluding hydrogens is 362 g/mol. The zero-order valence-corrected chi connectivity index (χ0v) is 14.9. The molecule has 3 heterocycles. The van der Waals surface area contributed by atoms with E-state index in [9.17, 15) is 4.79 Å². The van der Waals surface area contributed by atoms with Crippen LogP contribution in [-0.4, -0.2) is 16.4 Å². The Morgan fingerprint density at radius 2 is 2.00 bits per heavy atom. The van der Waals surface area contributed by atoms with Crippen LogP contribution in [0.3, 0.4) is 0 Å². The van der Waals surface area contributed by atoms with Gasteiger partial charge in [0.1, 0.15) is 10.4 Å². The second kappa shape index (κ2) is 4.99. The van der Waals surface area contributed by atoms with Gasteiger partial charge in [0.05, 0.1) is 16.7 Å². The number of anilines is 1. The topological polar surface area (TPSA) is 37.6 Å². The van der Waals surface area contributed by atoms with Crippen LogP contribution in [0.4, 0.5) is 5.69 Å². The van der Waals surface area contributed by atoms with E-state index in [2.05, 4.69) is 4.98 Å². The molecule has 0 unspecified atom stereocenters. The summed E-state index contributed by atoms with van der Waals surface area (Å²) < 4.78 is 1.99. The summed E-state index contributed by atoms with van der Waals surface area (Å²) in [5.41, 5.74) is 2.87. The highest BCUT2D eigenvalue weighted by Gasteiger charge is 2.26. The van der Waals surface area contributed by atoms with Gasteiger partial charge in [0.2, 0.25) is 0 Å². The molecule has 5 rings (SSSR count). The zero-order chi connectivity index (χ0) is 16.4. The molecule has 0 aliphatic carbocycles. The molecule has 7 heteroatoms. The highest BCUT2D eigenvalue weighted by molar-refractivity contribution is 8.08. The van der Waals surface area contributed by atoms with Crippen molar-refractivity contribution in [3.63, 3.8) is 0 Å². The number of hydrogen-bond donors (Lipinski definition) is 0. The molecule has 4 aromatic rings. The lowest BCUT2D eigenvalue weighted by molar-refractivity contribution is 1.15. The molecule has 0 fully saturated rings. The number of halogens is 1. The highest BCUT2D eigenvalue weighted by atomic mass is 35.5. The van der Waals surface area contributed by atoms with E-state index >= 15 is 0 Å². The summed E-state index contributed by atoms with van der Waals surface area (Å²) in [4.78, 5) is 21.1. The number of aromatic nitrogens is 2. The highest BCUT2D eigenvalue weighted by Crippen LogP contribution is 2.46. The first-order chi connectivity index (χ1) is 11.6. The van der Waals surface area contributed by atoms with Crippen LogP contribution < -0.4 is 15.0 Å². The summed E-state index contributed by atoms with van der Waals surface area (Å²) in [7, 11) is 1.96. The van der Waals surface area contributed by atoms with Crippen molar-refractivity contribution in [3.8, 4) is 0 Å². The second-order valence-electron chi connectivity index (χ2n) is 5.53. The molecule has 4 nitrogen and oxygen atoms in total. The van der Waals surface area contributed by atoms with Crippen LogP contribution >= 0.6 is 34.7 Å². The van der Waals surface area contributed by atoms with E-state index in [0.29, 0.717) is 10.4 Å². The Balaban J connectivity index is 1.91. The van der Waals surface area contributed by atoms with Crippen molar-refractivity contribution in [2.45, 2.75) is 4.90 Å². The van der Waals surface area contributed by atoms with Crippen LogP contribution in [-0.2, 0) is 0 Å². The van der Waals surface area contributed by atoms with Crippen molar-refractivity contribution in [1.29, 1.82) is 0 Å². The Morgan fingerprint density at radius 3 is 2.88 bits per heavy atom. The molecule has 0 radical (unpaired) electrons. The maximum absolute atomic E-state index is 12.7. The third-order valence-corrected chi connectivity index (χ3v) is 6.42. The lowest BCUT2D eigenvalue weighted by Crippen LogP contribution is -2.30. The smallest absolute Gasteiger partial charge is 0.262 e. The number of fused-ring (bicyclic) bond motifs is 4. The number of thiazole rings is 1. The summed E-state index contributed by atoms with van der Waals surface area (Å²) in [6.07, 6.45) is 0. The van der Waals surface area contributed by atoms with Gasteiger partial charge in [-0.15, -0.1) is 0 Å². The van der Waals surface area contributed by atoms with Crippen molar-refractivity contribution in [1.82, 2.24) is 9.38 Å². The van der Waals surface area contributed by atoms with Gasteiger partial charge in [0.25, 0.3) is 4.74 Å². The molecular formula is C17H10ClN3OS2. The fourth-order valence-electron chi connectivity index (χ4n) is 3.02. The third-order valence-electron chi connectivity index (χ3n) is 4.13. The van der Waals surface area contributed by atoms with Crippen LogP contribution in [0, 0.1) is 0 Å². The van der Waals surface area contributed by atoms with Gasteiger partial charge in [-0.1, -0.05) is 46.8 Å². The van der Waals surface area contributed by atoms with E-state index < -0.39 is 0 Å². The molecule has 0 saturated carbocycles. The van der Waals surface area contributed by atoms with Gasteiger partial charge >= 0.3 is 0 Å². The van der Waals surface area contributed by atoms with E-state index in [1.807, 2.05) is 58.8 Å². The molecule has 1 aliphatic heterocycles. The fourth-order valence-corrected chi connectivity index (χ4v) is 5.29. The van der Waals surface area contributed by atoms with Crippen LogP contribution in [0.25, 0.3) is 21.0 Å². The Bertz CT molecular complexity index is 1240. The van der Waals surface area contributed by atoms with Crippen molar-refractivity contribution >= 4 is 61.4 Å². The molecule has 2 aromatic heterocycles. The molecule has 0 spiro atoms. The summed E-state index contributed by atoms with van der Waals surface area (Å²) in [6, 6.07) is 13.7. The normalized spacial score (nSPS) is 16.3. The zero-order valence-electron chi connectivity index (χ0n) is 12.5. The van der Waals surface area contributed by atoms with Crippen LogP contribution in [0.1, 0.15) is 0 Å². The summed E-state index contributed by atoms with van der Waals surface area (Å²) in [5, 5.41) is 2.27. The quantitative estimate of drug-likeness (QED) is 0.473. The van der Waals surface area contributed by atoms with Gasteiger partial charge in [0, 0.05) is 17.0 Å². The number of thioether (sulfide) groups is 1. The Kier molecular flexibility index (Phi) is 2.98.